The van der Waals surface area contributed by atoms with Gasteiger partial charge in [-0.05, 0) is 31.9 Å². The summed E-state index contributed by atoms with van der Waals surface area (Å²) in [6.45, 7) is 16.0. The van der Waals surface area contributed by atoms with E-state index in [4.69, 9.17) is 11.6 Å². The zero-order chi connectivity index (χ0) is 17.1. The Balaban J connectivity index is 2.72. The molecular weight excluding hydrogens is 308 g/mol. The molecule has 1 aliphatic rings. The number of nitrogens with zero attached hydrogens (tertiary/aromatic N) is 1. The molecule has 1 atom stereocenters. The lowest BCUT2D eigenvalue weighted by molar-refractivity contribution is 0.330. The van der Waals surface area contributed by atoms with Crippen LogP contribution in [0.3, 0.4) is 0 Å². The van der Waals surface area contributed by atoms with Crippen LogP contribution in [0.15, 0.2) is 49.2 Å². The maximum Gasteiger partial charge on any atom is 0.176 e. The van der Waals surface area contributed by atoms with E-state index in [1.165, 1.54) is 19.3 Å². The van der Waals surface area contributed by atoms with E-state index in [2.05, 4.69) is 47.5 Å². The zero-order valence-electron chi connectivity index (χ0n) is 14.3. The second-order valence-electron chi connectivity index (χ2n) is 5.67. The van der Waals surface area contributed by atoms with Gasteiger partial charge in [0, 0.05) is 13.1 Å². The molecule has 0 aromatic heterocycles. The Hall–Kier alpha value is -1.55. The maximum absolute atomic E-state index is 6.15. The van der Waals surface area contributed by atoms with Gasteiger partial charge in [-0.1, -0.05) is 50.6 Å². The van der Waals surface area contributed by atoms with E-state index >= 15 is 0 Å². The Kier molecular flexibility index (Phi) is 9.37. The van der Waals surface area contributed by atoms with Gasteiger partial charge in [0.2, 0.25) is 0 Å². The van der Waals surface area contributed by atoms with Gasteiger partial charge in [0.15, 0.2) is 5.62 Å². The Morgan fingerprint density at radius 1 is 1.22 bits per heavy atom. The van der Waals surface area contributed by atoms with E-state index in [1.54, 1.807) is 6.20 Å². The number of alkyl halides is 1. The average molecular weight is 339 g/mol. The van der Waals surface area contributed by atoms with Crippen LogP contribution in [0, 0.1) is 0 Å². The van der Waals surface area contributed by atoms with Gasteiger partial charge in [0.05, 0.1) is 5.70 Å². The molecule has 4 nitrogen and oxygen atoms in total. The molecule has 0 bridgehead atoms. The lowest BCUT2D eigenvalue weighted by Crippen LogP contribution is -2.31. The number of allylic oxidation sites excluding steroid dienone is 1. The van der Waals surface area contributed by atoms with Crippen LogP contribution in [0.25, 0.3) is 0 Å². The Morgan fingerprint density at radius 3 is 2.52 bits per heavy atom. The fourth-order valence-corrected chi connectivity index (χ4v) is 2.78. The van der Waals surface area contributed by atoms with Crippen LogP contribution in [0.4, 0.5) is 0 Å². The number of halogens is 1. The van der Waals surface area contributed by atoms with Crippen molar-refractivity contribution in [3.8, 4) is 0 Å². The third-order valence-corrected chi connectivity index (χ3v) is 4.04. The highest BCUT2D eigenvalue weighted by Crippen LogP contribution is 2.20. The van der Waals surface area contributed by atoms with Crippen molar-refractivity contribution in [1.82, 2.24) is 20.9 Å². The minimum atomic E-state index is -0.331. The highest BCUT2D eigenvalue weighted by molar-refractivity contribution is 6.20. The molecule has 1 heterocycles. The highest BCUT2D eigenvalue weighted by Gasteiger charge is 2.24. The van der Waals surface area contributed by atoms with Crippen molar-refractivity contribution in [2.24, 2.45) is 0 Å². The van der Waals surface area contributed by atoms with Gasteiger partial charge >= 0.3 is 0 Å². The molecule has 3 N–H and O–H groups in total. The fraction of sp³-hybridized carbons (Fsp3) is 0.556. The van der Waals surface area contributed by atoms with E-state index in [0.717, 1.165) is 49.6 Å². The summed E-state index contributed by atoms with van der Waals surface area (Å²) in [6, 6.07) is 0. The molecule has 0 aromatic rings. The number of hydrogen-bond acceptors (Lipinski definition) is 4. The van der Waals surface area contributed by atoms with Gasteiger partial charge in [0.1, 0.15) is 11.5 Å². The molecule has 1 aliphatic heterocycles. The van der Waals surface area contributed by atoms with Gasteiger partial charge in [-0.2, -0.15) is 0 Å². The number of nitrogens with one attached hydrogen (secondary N) is 3. The van der Waals surface area contributed by atoms with Crippen molar-refractivity contribution < 1.29 is 0 Å². The van der Waals surface area contributed by atoms with Gasteiger partial charge in [-0.15, -0.1) is 6.58 Å². The molecule has 130 valence electrons. The van der Waals surface area contributed by atoms with Crippen LogP contribution in [0.5, 0.6) is 0 Å². The van der Waals surface area contributed by atoms with Crippen LogP contribution < -0.4 is 16.0 Å². The minimum absolute atomic E-state index is 0.331. The minimum Gasteiger partial charge on any atom is -0.370 e. The van der Waals surface area contributed by atoms with Gasteiger partial charge in [0.25, 0.3) is 0 Å². The van der Waals surface area contributed by atoms with E-state index in [1.807, 2.05) is 6.08 Å². The topological polar surface area (TPSA) is 39.3 Å². The second kappa shape index (κ2) is 11.1. The van der Waals surface area contributed by atoms with Gasteiger partial charge in [-0.25, -0.2) is 0 Å². The summed E-state index contributed by atoms with van der Waals surface area (Å²) < 4.78 is 0. The number of unbranched alkanes of at least 4 members (excludes halogenated alkanes) is 4. The van der Waals surface area contributed by atoms with E-state index in [-0.39, 0.29) is 5.62 Å². The van der Waals surface area contributed by atoms with Crippen LogP contribution in [0.2, 0.25) is 0 Å². The molecule has 5 heteroatoms. The summed E-state index contributed by atoms with van der Waals surface area (Å²) >= 11 is 6.15. The second-order valence-corrected chi connectivity index (χ2v) is 6.11. The average Bonchev–Trinajstić information content (AvgIpc) is 2.90. The first-order valence-corrected chi connectivity index (χ1v) is 8.91. The summed E-state index contributed by atoms with van der Waals surface area (Å²) in [6.07, 6.45) is 10.6. The summed E-state index contributed by atoms with van der Waals surface area (Å²) in [5.41, 5.74) is 1.56. The first-order chi connectivity index (χ1) is 11.1. The van der Waals surface area contributed by atoms with Crippen molar-refractivity contribution in [3.63, 3.8) is 0 Å². The lowest BCUT2D eigenvalue weighted by Gasteiger charge is -2.28. The van der Waals surface area contributed by atoms with Crippen molar-refractivity contribution >= 4 is 11.6 Å². The van der Waals surface area contributed by atoms with Crippen molar-refractivity contribution in [3.05, 3.63) is 49.2 Å². The van der Waals surface area contributed by atoms with E-state index < -0.39 is 0 Å². The maximum atomic E-state index is 6.15. The third kappa shape index (κ3) is 6.61. The first-order valence-electron chi connectivity index (χ1n) is 8.48. The monoisotopic (exact) mass is 338 g/mol. The van der Waals surface area contributed by atoms with Crippen LogP contribution >= 0.6 is 11.6 Å². The summed E-state index contributed by atoms with van der Waals surface area (Å²) in [4.78, 5) is 2.35. The highest BCUT2D eigenvalue weighted by atomic mass is 35.5. The molecule has 0 saturated heterocycles. The van der Waals surface area contributed by atoms with Gasteiger partial charge < -0.3 is 20.9 Å². The third-order valence-electron chi connectivity index (χ3n) is 3.83. The Labute approximate surface area is 146 Å². The van der Waals surface area contributed by atoms with E-state index in [9.17, 15) is 0 Å². The first kappa shape index (κ1) is 19.5. The molecule has 0 amide bonds. The SMILES string of the molecule is C=CCCCCN(CCCCC)C(=C)C1=C(NC=C)NC(Cl)N1. The van der Waals surface area contributed by atoms with Crippen molar-refractivity contribution in [1.29, 1.82) is 0 Å². The molecule has 23 heavy (non-hydrogen) atoms. The fourth-order valence-electron chi connectivity index (χ4n) is 2.56. The van der Waals surface area contributed by atoms with Crippen LogP contribution in [-0.2, 0) is 0 Å². The van der Waals surface area contributed by atoms with E-state index in [0.29, 0.717) is 0 Å². The van der Waals surface area contributed by atoms with Crippen LogP contribution in [-0.4, -0.2) is 23.6 Å². The van der Waals surface area contributed by atoms with Gasteiger partial charge in [-0.3, -0.25) is 0 Å². The molecule has 0 aromatic carbocycles. The summed E-state index contributed by atoms with van der Waals surface area (Å²) in [5.74, 6) is 0.830. The molecule has 0 spiro atoms. The van der Waals surface area contributed by atoms with Crippen LogP contribution in [0.1, 0.15) is 45.4 Å². The predicted molar refractivity (Wildman–Crippen MR) is 101 cm³/mol. The lowest BCUT2D eigenvalue weighted by atomic mass is 10.2. The Bertz CT molecular complexity index is 431. The normalized spacial score (nSPS) is 16.5. The number of rotatable bonds is 13. The molecule has 0 fully saturated rings. The standard InChI is InChI=1S/C18H31ClN4/c1-5-8-10-12-14-23(13-11-9-6-2)15(4)16-17(20-7-3)22-18(19)21-16/h5,7,18,20-22H,1,3-4,6,8-14H2,2H3. The molecule has 1 unspecified atom stereocenters. The quantitative estimate of drug-likeness (QED) is 0.206. The predicted octanol–water partition coefficient (Wildman–Crippen LogP) is 3.97. The largest absolute Gasteiger partial charge is 0.370 e. The van der Waals surface area contributed by atoms with Crippen molar-refractivity contribution in [2.45, 2.75) is 51.1 Å². The molecule has 0 saturated carbocycles. The molecule has 0 radical (unpaired) electrons. The Morgan fingerprint density at radius 2 is 1.91 bits per heavy atom. The molecule has 0 aliphatic carbocycles. The zero-order valence-corrected chi connectivity index (χ0v) is 15.1. The number of hydrogen-bond donors (Lipinski definition) is 3. The smallest absolute Gasteiger partial charge is 0.176 e. The summed E-state index contributed by atoms with van der Waals surface area (Å²) in [7, 11) is 0. The van der Waals surface area contributed by atoms with Crippen molar-refractivity contribution in [2.75, 3.05) is 13.1 Å². The molecule has 1 rings (SSSR count). The molecular formula is C18H31ClN4. The summed E-state index contributed by atoms with van der Waals surface area (Å²) in [5, 5.41) is 9.45.